The van der Waals surface area contributed by atoms with E-state index < -0.39 is 0 Å². The first kappa shape index (κ1) is 10.1. The van der Waals surface area contributed by atoms with Gasteiger partial charge in [0.2, 0.25) is 0 Å². The average Bonchev–Trinajstić information content (AvgIpc) is 2.73. The van der Waals surface area contributed by atoms with E-state index in [1.54, 1.807) is 18.4 Å². The molecule has 4 heteroatoms. The summed E-state index contributed by atoms with van der Waals surface area (Å²) in [6.45, 7) is 0. The van der Waals surface area contributed by atoms with Crippen LogP contribution in [0.4, 0.5) is 10.1 Å². The molecule has 0 atom stereocenters. The summed E-state index contributed by atoms with van der Waals surface area (Å²) in [5.41, 5.74) is 5.55. The molecular weight excluding hydrogens is 213 g/mol. The van der Waals surface area contributed by atoms with E-state index in [1.807, 2.05) is 12.1 Å². The van der Waals surface area contributed by atoms with Crippen LogP contribution in [0.3, 0.4) is 0 Å². The predicted octanol–water partition coefficient (Wildman–Crippen LogP) is 3.29. The van der Waals surface area contributed by atoms with E-state index in [2.05, 4.69) is 0 Å². The molecule has 0 fully saturated rings. The van der Waals surface area contributed by atoms with Crippen molar-refractivity contribution in [2.24, 2.45) is 0 Å². The Balaban J connectivity index is 2.02. The van der Waals surface area contributed by atoms with Gasteiger partial charge in [0.05, 0.1) is 17.7 Å². The first-order valence-corrected chi connectivity index (χ1v) is 5.44. The number of nitrogens with two attached hydrogens (primary N) is 1. The zero-order valence-electron chi connectivity index (χ0n) is 7.94. The first-order chi connectivity index (χ1) is 7.25. The maximum atomic E-state index is 13.1. The lowest BCUT2D eigenvalue weighted by Gasteiger charge is -2.01. The number of anilines is 1. The highest BCUT2D eigenvalue weighted by atomic mass is 32.2. The van der Waals surface area contributed by atoms with Crippen molar-refractivity contribution in [1.29, 1.82) is 0 Å². The summed E-state index contributed by atoms with van der Waals surface area (Å²) >= 11 is 1.51. The second-order valence-electron chi connectivity index (χ2n) is 3.05. The van der Waals surface area contributed by atoms with Crippen molar-refractivity contribution >= 4 is 17.4 Å². The van der Waals surface area contributed by atoms with Crippen molar-refractivity contribution in [1.82, 2.24) is 0 Å². The third kappa shape index (κ3) is 2.53. The molecule has 2 rings (SSSR count). The Morgan fingerprint density at radius 1 is 1.33 bits per heavy atom. The molecule has 1 heterocycles. The molecule has 2 N–H and O–H groups in total. The van der Waals surface area contributed by atoms with Gasteiger partial charge in [-0.2, -0.15) is 0 Å². The van der Waals surface area contributed by atoms with Crippen LogP contribution in [0.5, 0.6) is 0 Å². The van der Waals surface area contributed by atoms with Crippen LogP contribution in [0, 0.1) is 5.82 Å². The summed E-state index contributed by atoms with van der Waals surface area (Å²) in [6.07, 6.45) is 1.62. The number of nitrogen functional groups attached to an aromatic ring is 1. The van der Waals surface area contributed by atoms with Gasteiger partial charge in [-0.15, -0.1) is 11.8 Å². The minimum atomic E-state index is -0.376. The SMILES string of the molecule is Nc1ccc(SCc2ccco2)cc1F. The molecule has 0 unspecified atom stereocenters. The molecule has 2 nitrogen and oxygen atoms in total. The van der Waals surface area contributed by atoms with E-state index in [0.29, 0.717) is 5.75 Å². The quantitative estimate of drug-likeness (QED) is 0.641. The topological polar surface area (TPSA) is 39.2 Å². The summed E-state index contributed by atoms with van der Waals surface area (Å²) in [7, 11) is 0. The van der Waals surface area contributed by atoms with Crippen molar-refractivity contribution in [3.05, 3.63) is 48.2 Å². The molecule has 0 saturated carbocycles. The predicted molar refractivity (Wildman–Crippen MR) is 59.1 cm³/mol. The maximum absolute atomic E-state index is 13.1. The molecule has 1 aromatic carbocycles. The molecule has 0 amide bonds. The van der Waals surface area contributed by atoms with Crippen LogP contribution in [-0.4, -0.2) is 0 Å². The molecule has 1 aromatic heterocycles. The van der Waals surface area contributed by atoms with Gasteiger partial charge in [0, 0.05) is 4.90 Å². The van der Waals surface area contributed by atoms with E-state index in [-0.39, 0.29) is 11.5 Å². The number of rotatable bonds is 3. The van der Waals surface area contributed by atoms with Gasteiger partial charge in [0.1, 0.15) is 11.6 Å². The summed E-state index contributed by atoms with van der Waals surface area (Å²) in [5, 5.41) is 0. The van der Waals surface area contributed by atoms with Crippen LogP contribution in [-0.2, 0) is 5.75 Å². The van der Waals surface area contributed by atoms with Crippen LogP contribution in [0.15, 0.2) is 45.9 Å². The number of thioether (sulfide) groups is 1. The Morgan fingerprint density at radius 2 is 2.20 bits per heavy atom. The van der Waals surface area contributed by atoms with Crippen molar-refractivity contribution < 1.29 is 8.81 Å². The smallest absolute Gasteiger partial charge is 0.147 e. The molecule has 0 bridgehead atoms. The van der Waals surface area contributed by atoms with E-state index in [0.717, 1.165) is 10.7 Å². The van der Waals surface area contributed by atoms with Crippen LogP contribution in [0.25, 0.3) is 0 Å². The highest BCUT2D eigenvalue weighted by molar-refractivity contribution is 7.98. The number of furan rings is 1. The van der Waals surface area contributed by atoms with Gasteiger partial charge in [-0.05, 0) is 30.3 Å². The standard InChI is InChI=1S/C11H10FNOS/c12-10-6-9(3-4-11(10)13)15-7-8-2-1-5-14-8/h1-6H,7,13H2. The average molecular weight is 223 g/mol. The van der Waals surface area contributed by atoms with Gasteiger partial charge in [-0.3, -0.25) is 0 Å². The zero-order valence-corrected chi connectivity index (χ0v) is 8.76. The van der Waals surface area contributed by atoms with Gasteiger partial charge in [-0.1, -0.05) is 0 Å². The minimum Gasteiger partial charge on any atom is -0.468 e. The molecule has 0 spiro atoms. The number of halogens is 1. The highest BCUT2D eigenvalue weighted by Gasteiger charge is 2.02. The fourth-order valence-corrected chi connectivity index (χ4v) is 1.97. The van der Waals surface area contributed by atoms with Crippen LogP contribution in [0.2, 0.25) is 0 Å². The Kier molecular flexibility index (Phi) is 2.97. The molecule has 15 heavy (non-hydrogen) atoms. The number of benzene rings is 1. The highest BCUT2D eigenvalue weighted by Crippen LogP contribution is 2.25. The van der Waals surface area contributed by atoms with Crippen LogP contribution >= 0.6 is 11.8 Å². The molecule has 0 aliphatic heterocycles. The lowest BCUT2D eigenvalue weighted by molar-refractivity contribution is 0.530. The number of hydrogen-bond donors (Lipinski definition) is 1. The number of hydrogen-bond acceptors (Lipinski definition) is 3. The summed E-state index contributed by atoms with van der Waals surface area (Å²) in [5.74, 6) is 1.19. The first-order valence-electron chi connectivity index (χ1n) is 4.46. The van der Waals surface area contributed by atoms with Crippen molar-refractivity contribution in [2.75, 3.05) is 5.73 Å². The Morgan fingerprint density at radius 3 is 2.87 bits per heavy atom. The zero-order chi connectivity index (χ0) is 10.7. The van der Waals surface area contributed by atoms with Gasteiger partial charge < -0.3 is 10.2 Å². The van der Waals surface area contributed by atoms with E-state index in [1.165, 1.54) is 17.8 Å². The fourth-order valence-electron chi connectivity index (χ4n) is 1.15. The minimum absolute atomic E-state index is 0.178. The van der Waals surface area contributed by atoms with Crippen LogP contribution in [0.1, 0.15) is 5.76 Å². The van der Waals surface area contributed by atoms with E-state index in [4.69, 9.17) is 10.2 Å². The van der Waals surface area contributed by atoms with Crippen molar-refractivity contribution in [3.8, 4) is 0 Å². The van der Waals surface area contributed by atoms with Gasteiger partial charge in [0.15, 0.2) is 0 Å². The van der Waals surface area contributed by atoms with E-state index in [9.17, 15) is 4.39 Å². The lowest BCUT2D eigenvalue weighted by Crippen LogP contribution is -1.89. The molecule has 0 radical (unpaired) electrons. The lowest BCUT2D eigenvalue weighted by atomic mass is 10.3. The largest absolute Gasteiger partial charge is 0.468 e. The Bertz CT molecular complexity index is 442. The van der Waals surface area contributed by atoms with Crippen LogP contribution < -0.4 is 5.73 Å². The summed E-state index contributed by atoms with van der Waals surface area (Å²) < 4.78 is 18.3. The molecule has 0 aliphatic carbocycles. The maximum Gasteiger partial charge on any atom is 0.147 e. The van der Waals surface area contributed by atoms with Gasteiger partial charge in [-0.25, -0.2) is 4.39 Å². The monoisotopic (exact) mass is 223 g/mol. The Hall–Kier alpha value is -1.42. The van der Waals surface area contributed by atoms with E-state index >= 15 is 0 Å². The molecule has 78 valence electrons. The summed E-state index contributed by atoms with van der Waals surface area (Å²) in [6, 6.07) is 8.52. The normalized spacial score (nSPS) is 10.5. The van der Waals surface area contributed by atoms with Gasteiger partial charge >= 0.3 is 0 Å². The third-order valence-corrected chi connectivity index (χ3v) is 2.95. The third-order valence-electron chi connectivity index (χ3n) is 1.93. The molecule has 0 saturated heterocycles. The second-order valence-corrected chi connectivity index (χ2v) is 4.10. The second kappa shape index (κ2) is 4.40. The Labute approximate surface area is 91.3 Å². The van der Waals surface area contributed by atoms with Crippen molar-refractivity contribution in [2.45, 2.75) is 10.6 Å². The van der Waals surface area contributed by atoms with Gasteiger partial charge in [0.25, 0.3) is 0 Å². The molecule has 0 aliphatic rings. The summed E-state index contributed by atoms with van der Waals surface area (Å²) in [4.78, 5) is 0.845. The van der Waals surface area contributed by atoms with Crippen molar-refractivity contribution in [3.63, 3.8) is 0 Å². The molecule has 2 aromatic rings. The fraction of sp³-hybridized carbons (Fsp3) is 0.0909. The molecular formula is C11H10FNOS.